The van der Waals surface area contributed by atoms with Crippen LogP contribution >= 0.6 is 11.3 Å². The molecule has 0 radical (unpaired) electrons. The molecule has 0 bridgehead atoms. The number of aromatic nitrogens is 2. The van der Waals surface area contributed by atoms with Crippen LogP contribution in [0.15, 0.2) is 17.8 Å². The highest BCUT2D eigenvalue weighted by atomic mass is 32.1. The summed E-state index contributed by atoms with van der Waals surface area (Å²) in [5.74, 6) is -0.516. The molecule has 1 fully saturated rings. The predicted molar refractivity (Wildman–Crippen MR) is 192 cm³/mol. The number of allylic oxidation sites excluding steroid dienone is 2. The van der Waals surface area contributed by atoms with Gasteiger partial charge in [0, 0.05) is 41.8 Å². The Hall–Kier alpha value is -3.39. The summed E-state index contributed by atoms with van der Waals surface area (Å²) in [6, 6.07) is 2.91. The third-order valence-electron chi connectivity index (χ3n) is 9.36. The number of ether oxygens (including phenoxy) is 1. The molecule has 1 aromatic carbocycles. The summed E-state index contributed by atoms with van der Waals surface area (Å²) in [5.41, 5.74) is 9.97. The fraction of sp³-hybridized carbons (Fsp3) is 0.541. The molecule has 5 rings (SSSR count). The topological polar surface area (TPSA) is 91.3 Å². The first kappa shape index (κ1) is 36.4. The van der Waals surface area contributed by atoms with E-state index in [9.17, 15) is 5.26 Å². The highest BCUT2D eigenvalue weighted by Crippen LogP contribution is 2.47. The van der Waals surface area contributed by atoms with Crippen molar-refractivity contribution in [2.45, 2.75) is 106 Å². The number of benzene rings is 1. The first-order valence-corrected chi connectivity index (χ1v) is 17.8. The Morgan fingerprint density at radius 3 is 2.51 bits per heavy atom. The third kappa shape index (κ3) is 7.69. The molecule has 7 nitrogen and oxygen atoms in total. The fourth-order valence-corrected chi connectivity index (χ4v) is 7.34. The molecular weight excluding hydrogens is 615 g/mol. The molecular formula is C37H50F2N6OS. The zero-order chi connectivity index (χ0) is 34.2. The minimum absolute atomic E-state index is 0.155. The van der Waals surface area contributed by atoms with E-state index in [1.54, 1.807) is 13.1 Å². The highest BCUT2D eigenvalue weighted by molar-refractivity contribution is 7.17. The van der Waals surface area contributed by atoms with Gasteiger partial charge in [-0.3, -0.25) is 0 Å². The van der Waals surface area contributed by atoms with Gasteiger partial charge in [0.2, 0.25) is 5.95 Å². The Labute approximate surface area is 283 Å². The summed E-state index contributed by atoms with van der Waals surface area (Å²) >= 11 is 1.00. The number of halogens is 2. The van der Waals surface area contributed by atoms with Crippen LogP contribution in [0.1, 0.15) is 119 Å². The quantitative estimate of drug-likeness (QED) is 0.218. The number of hydrogen-bond donors (Lipinski definition) is 1. The van der Waals surface area contributed by atoms with Gasteiger partial charge in [-0.25, -0.2) is 18.7 Å². The lowest BCUT2D eigenvalue weighted by Crippen LogP contribution is -2.29. The normalized spacial score (nSPS) is 15.9. The Kier molecular flexibility index (Phi) is 12.9. The minimum atomic E-state index is -0.514. The molecule has 2 aliphatic rings. The van der Waals surface area contributed by atoms with Gasteiger partial charge in [-0.2, -0.15) is 5.26 Å². The maximum absolute atomic E-state index is 16.7. The summed E-state index contributed by atoms with van der Waals surface area (Å²) in [4.78, 5) is 13.9. The van der Waals surface area contributed by atoms with Crippen molar-refractivity contribution in [3.8, 4) is 6.07 Å². The zero-order valence-corrected chi connectivity index (χ0v) is 29.9. The molecule has 0 amide bonds. The number of unbranched alkanes of at least 4 members (excludes halogenated alkanes) is 1. The monoisotopic (exact) mass is 664 g/mol. The maximum atomic E-state index is 16.7. The molecule has 2 aromatic heterocycles. The number of anilines is 2. The zero-order valence-electron chi connectivity index (χ0n) is 29.1. The molecule has 0 aliphatic carbocycles. The second kappa shape index (κ2) is 16.6. The van der Waals surface area contributed by atoms with Crippen molar-refractivity contribution in [2.24, 2.45) is 0 Å². The van der Waals surface area contributed by atoms with Crippen LogP contribution in [0.3, 0.4) is 0 Å². The number of nitrogens with zero attached hydrogens (tertiary/aromatic N) is 5. The number of nitrogen functional groups attached to an aromatic ring is 1. The van der Waals surface area contributed by atoms with E-state index in [0.717, 1.165) is 54.4 Å². The van der Waals surface area contributed by atoms with Crippen LogP contribution in [-0.4, -0.2) is 47.6 Å². The average molecular weight is 665 g/mol. The van der Waals surface area contributed by atoms with Gasteiger partial charge in [0.25, 0.3) is 0 Å². The SMILES string of the molecule is C/C=C(/F)c1sc(N)c(C#N)c1/C(=C(\C)CC)c1c2c(c3cnc(N4CCCC4)nc3c1F)COC2.CCCC[C@@H](C)N(C)CCC. The van der Waals surface area contributed by atoms with Crippen molar-refractivity contribution in [3.63, 3.8) is 0 Å². The van der Waals surface area contributed by atoms with E-state index in [1.165, 1.54) is 38.3 Å². The summed E-state index contributed by atoms with van der Waals surface area (Å²) in [5, 5.41) is 10.8. The maximum Gasteiger partial charge on any atom is 0.225 e. The average Bonchev–Trinajstić information content (AvgIpc) is 3.86. The van der Waals surface area contributed by atoms with Crippen LogP contribution in [0.4, 0.5) is 19.7 Å². The van der Waals surface area contributed by atoms with Gasteiger partial charge in [0.15, 0.2) is 5.82 Å². The summed E-state index contributed by atoms with van der Waals surface area (Å²) in [6.07, 6.45) is 11.0. The van der Waals surface area contributed by atoms with Crippen LogP contribution in [0.2, 0.25) is 0 Å². The molecule has 0 spiro atoms. The largest absolute Gasteiger partial charge is 0.389 e. The van der Waals surface area contributed by atoms with E-state index in [-0.39, 0.29) is 27.6 Å². The first-order chi connectivity index (χ1) is 22.6. The van der Waals surface area contributed by atoms with Crippen molar-refractivity contribution in [2.75, 3.05) is 37.3 Å². The van der Waals surface area contributed by atoms with E-state index < -0.39 is 11.6 Å². The lowest BCUT2D eigenvalue weighted by atomic mass is 9.85. The molecule has 3 aromatic rings. The number of nitriles is 1. The Balaban J connectivity index is 0.000000391. The number of fused-ring (bicyclic) bond motifs is 3. The number of nitrogens with two attached hydrogens (primary N) is 1. The Morgan fingerprint density at radius 2 is 1.89 bits per heavy atom. The van der Waals surface area contributed by atoms with Crippen LogP contribution in [0.5, 0.6) is 0 Å². The van der Waals surface area contributed by atoms with Crippen molar-refractivity contribution >= 4 is 44.6 Å². The van der Waals surface area contributed by atoms with Crippen LogP contribution < -0.4 is 10.6 Å². The van der Waals surface area contributed by atoms with Gasteiger partial charge >= 0.3 is 0 Å². The number of thiophene rings is 1. The number of hydrogen-bond acceptors (Lipinski definition) is 8. The molecule has 2 aliphatic heterocycles. The lowest BCUT2D eigenvalue weighted by molar-refractivity contribution is 0.134. The second-order valence-electron chi connectivity index (χ2n) is 12.5. The van der Waals surface area contributed by atoms with Crippen molar-refractivity contribution in [1.29, 1.82) is 5.26 Å². The van der Waals surface area contributed by atoms with E-state index in [0.29, 0.717) is 46.6 Å². The predicted octanol–water partition coefficient (Wildman–Crippen LogP) is 9.38. The van der Waals surface area contributed by atoms with Crippen molar-refractivity contribution in [3.05, 3.63) is 56.4 Å². The molecule has 4 heterocycles. The molecule has 1 atom stereocenters. The van der Waals surface area contributed by atoms with Gasteiger partial charge in [-0.05, 0) is 83.2 Å². The van der Waals surface area contributed by atoms with Crippen LogP contribution in [0.25, 0.3) is 22.3 Å². The minimum Gasteiger partial charge on any atom is -0.389 e. The standard InChI is InChI=1S/C27H27F2N5OS.C10H23N/c1-4-14(3)20(22-15(10-30)26(31)36-25(22)19(28)5-2)21-18-13-35-12-17(18)16-11-32-27(33-24(16)23(21)29)34-8-6-7-9-34;1-5-7-8-10(3)11(4)9-6-2/h5,11H,4,6-9,12-13,31H2,1-3H3;10H,5-9H2,1-4H3/b19-5+,20-14+;/t;10-/m.1/s1. The van der Waals surface area contributed by atoms with Crippen molar-refractivity contribution < 1.29 is 13.5 Å². The van der Waals surface area contributed by atoms with Gasteiger partial charge < -0.3 is 20.3 Å². The second-order valence-corrected chi connectivity index (χ2v) is 13.6. The molecule has 2 N–H and O–H groups in total. The Bertz CT molecular complexity index is 1670. The van der Waals surface area contributed by atoms with Gasteiger partial charge in [0.1, 0.15) is 22.4 Å². The molecule has 0 unspecified atom stereocenters. The van der Waals surface area contributed by atoms with Gasteiger partial charge in [-0.15, -0.1) is 11.3 Å². The highest BCUT2D eigenvalue weighted by Gasteiger charge is 2.32. The lowest BCUT2D eigenvalue weighted by Gasteiger charge is -2.23. The summed E-state index contributed by atoms with van der Waals surface area (Å²) in [6.45, 7) is 15.6. The molecule has 254 valence electrons. The smallest absolute Gasteiger partial charge is 0.225 e. The summed E-state index contributed by atoms with van der Waals surface area (Å²) < 4.78 is 37.5. The Morgan fingerprint density at radius 1 is 1.19 bits per heavy atom. The van der Waals surface area contributed by atoms with Gasteiger partial charge in [-0.1, -0.05) is 45.3 Å². The van der Waals surface area contributed by atoms with E-state index >= 15 is 8.78 Å². The van der Waals surface area contributed by atoms with Crippen LogP contribution in [0, 0.1) is 17.1 Å². The van der Waals surface area contributed by atoms with Gasteiger partial charge in [0.05, 0.1) is 23.7 Å². The first-order valence-electron chi connectivity index (χ1n) is 17.0. The molecule has 10 heteroatoms. The van der Waals surface area contributed by atoms with E-state index in [1.807, 2.05) is 13.8 Å². The van der Waals surface area contributed by atoms with E-state index in [4.69, 9.17) is 10.5 Å². The summed E-state index contributed by atoms with van der Waals surface area (Å²) in [7, 11) is 2.23. The number of rotatable bonds is 11. The molecule has 47 heavy (non-hydrogen) atoms. The molecule has 0 saturated carbocycles. The molecule has 1 saturated heterocycles. The van der Waals surface area contributed by atoms with Crippen molar-refractivity contribution in [1.82, 2.24) is 14.9 Å². The van der Waals surface area contributed by atoms with E-state index in [2.05, 4.69) is 53.7 Å². The fourth-order valence-electron chi connectivity index (χ4n) is 6.35. The third-order valence-corrected chi connectivity index (χ3v) is 10.4. The van der Waals surface area contributed by atoms with Crippen LogP contribution in [-0.2, 0) is 18.0 Å².